The number of hydrogen-bond donors (Lipinski definition) is 1. The first-order valence-electron chi connectivity index (χ1n) is 7.23. The van der Waals surface area contributed by atoms with E-state index in [1.165, 1.54) is 6.42 Å². The van der Waals surface area contributed by atoms with Crippen molar-refractivity contribution in [3.05, 3.63) is 0 Å². The topological polar surface area (TPSA) is 46.2 Å². The van der Waals surface area contributed by atoms with Crippen LogP contribution in [0.5, 0.6) is 0 Å². The minimum absolute atomic E-state index is 0.136. The van der Waals surface area contributed by atoms with Crippen LogP contribution in [-0.4, -0.2) is 20.2 Å². The van der Waals surface area contributed by atoms with E-state index in [0.29, 0.717) is 5.92 Å². The molecule has 0 spiro atoms. The van der Waals surface area contributed by atoms with Crippen LogP contribution >= 0.6 is 0 Å². The van der Waals surface area contributed by atoms with Crippen molar-refractivity contribution in [2.45, 2.75) is 65.8 Å². The molecule has 1 N–H and O–H groups in total. The summed E-state index contributed by atoms with van der Waals surface area (Å²) in [5.41, 5.74) is 0.405. The zero-order valence-corrected chi connectivity index (χ0v) is 12.9. The molecule has 2 rings (SSSR count). The zero-order valence-electron chi connectivity index (χ0n) is 12.1. The molecule has 3 nitrogen and oxygen atoms in total. The van der Waals surface area contributed by atoms with Crippen LogP contribution < -0.4 is 4.72 Å². The predicted molar refractivity (Wildman–Crippen MR) is 74.8 cm³/mol. The molecule has 2 aliphatic carbocycles. The van der Waals surface area contributed by atoms with E-state index in [1.807, 2.05) is 6.92 Å². The lowest BCUT2D eigenvalue weighted by atomic mass is 9.69. The van der Waals surface area contributed by atoms with E-state index in [0.717, 1.165) is 25.7 Å². The Labute approximate surface area is 112 Å². The molecule has 2 fully saturated rings. The molecular weight excluding hydrogens is 246 g/mol. The van der Waals surface area contributed by atoms with Crippen molar-refractivity contribution in [2.75, 3.05) is 5.75 Å². The molecule has 2 saturated carbocycles. The molecule has 0 aliphatic heterocycles. The summed E-state index contributed by atoms with van der Waals surface area (Å²) in [4.78, 5) is 0. The van der Waals surface area contributed by atoms with Crippen LogP contribution in [0.3, 0.4) is 0 Å². The summed E-state index contributed by atoms with van der Waals surface area (Å²) >= 11 is 0. The van der Waals surface area contributed by atoms with Gasteiger partial charge in [0.25, 0.3) is 0 Å². The van der Waals surface area contributed by atoms with Gasteiger partial charge in [0, 0.05) is 6.04 Å². The molecule has 0 amide bonds. The van der Waals surface area contributed by atoms with Crippen molar-refractivity contribution in [1.29, 1.82) is 0 Å². The Balaban J connectivity index is 2.09. The van der Waals surface area contributed by atoms with E-state index in [1.54, 1.807) is 0 Å². The van der Waals surface area contributed by atoms with Gasteiger partial charge in [-0.3, -0.25) is 0 Å². The van der Waals surface area contributed by atoms with E-state index < -0.39 is 10.0 Å². The average molecular weight is 273 g/mol. The zero-order chi connectivity index (χ0) is 13.6. The summed E-state index contributed by atoms with van der Waals surface area (Å²) in [6.07, 6.45) is 5.12. The summed E-state index contributed by atoms with van der Waals surface area (Å²) in [5.74, 6) is 0.961. The van der Waals surface area contributed by atoms with Crippen LogP contribution in [0.15, 0.2) is 0 Å². The van der Waals surface area contributed by atoms with Crippen molar-refractivity contribution in [2.24, 2.45) is 16.7 Å². The molecule has 0 radical (unpaired) electrons. The quantitative estimate of drug-likeness (QED) is 0.837. The van der Waals surface area contributed by atoms with Crippen molar-refractivity contribution in [3.63, 3.8) is 0 Å². The third-order valence-electron chi connectivity index (χ3n) is 5.88. The van der Waals surface area contributed by atoms with Gasteiger partial charge in [-0.1, -0.05) is 34.1 Å². The van der Waals surface area contributed by atoms with Crippen molar-refractivity contribution < 1.29 is 8.42 Å². The smallest absolute Gasteiger partial charge is 0.211 e. The van der Waals surface area contributed by atoms with Gasteiger partial charge in [-0.15, -0.1) is 0 Å². The maximum atomic E-state index is 12.1. The van der Waals surface area contributed by atoms with E-state index in [4.69, 9.17) is 0 Å². The minimum Gasteiger partial charge on any atom is -0.212 e. The summed E-state index contributed by atoms with van der Waals surface area (Å²) < 4.78 is 27.1. The SMILES string of the molecule is CCCCS(=O)(=O)NC1CC2CCC1(C)C2(C)C. The van der Waals surface area contributed by atoms with Crippen LogP contribution in [0.1, 0.15) is 59.8 Å². The third-order valence-corrected chi connectivity index (χ3v) is 7.35. The number of rotatable bonds is 5. The molecule has 3 unspecified atom stereocenters. The predicted octanol–water partition coefficient (Wildman–Crippen LogP) is 2.92. The molecular formula is C14H27NO2S. The molecule has 0 aromatic carbocycles. The van der Waals surface area contributed by atoms with Gasteiger partial charge in [0.1, 0.15) is 0 Å². The second-order valence-corrected chi connectivity index (χ2v) is 8.83. The second kappa shape index (κ2) is 4.48. The highest BCUT2D eigenvalue weighted by Crippen LogP contribution is 2.65. The molecule has 0 aromatic heterocycles. The molecule has 4 heteroatoms. The number of fused-ring (bicyclic) bond motifs is 2. The molecule has 2 bridgehead atoms. The molecule has 106 valence electrons. The number of unbranched alkanes of at least 4 members (excludes halogenated alkanes) is 1. The molecule has 2 aliphatic rings. The average Bonchev–Trinajstić information content (AvgIpc) is 2.59. The first kappa shape index (κ1) is 14.3. The molecule has 18 heavy (non-hydrogen) atoms. The highest BCUT2D eigenvalue weighted by Gasteiger charge is 2.61. The van der Waals surface area contributed by atoms with Gasteiger partial charge in [0.2, 0.25) is 10.0 Å². The van der Waals surface area contributed by atoms with Gasteiger partial charge >= 0.3 is 0 Å². The van der Waals surface area contributed by atoms with Crippen LogP contribution in [0.2, 0.25) is 0 Å². The van der Waals surface area contributed by atoms with Gasteiger partial charge in [-0.2, -0.15) is 0 Å². The van der Waals surface area contributed by atoms with Crippen molar-refractivity contribution in [3.8, 4) is 0 Å². The third kappa shape index (κ3) is 2.11. The maximum absolute atomic E-state index is 12.1. The first-order chi connectivity index (χ1) is 8.23. The Bertz CT molecular complexity index is 416. The fourth-order valence-corrected chi connectivity index (χ4v) is 5.57. The lowest BCUT2D eigenvalue weighted by Crippen LogP contribution is -2.47. The maximum Gasteiger partial charge on any atom is 0.211 e. The van der Waals surface area contributed by atoms with E-state index in [2.05, 4.69) is 25.5 Å². The Hall–Kier alpha value is -0.0900. The van der Waals surface area contributed by atoms with Crippen molar-refractivity contribution >= 4 is 10.0 Å². The number of hydrogen-bond acceptors (Lipinski definition) is 2. The van der Waals surface area contributed by atoms with Crippen molar-refractivity contribution in [1.82, 2.24) is 4.72 Å². The largest absolute Gasteiger partial charge is 0.212 e. The standard InChI is InChI=1S/C14H27NO2S/c1-5-6-9-18(16,17)15-12-10-11-7-8-14(12,4)13(11,2)3/h11-12,15H,5-10H2,1-4H3. The van der Waals surface area contributed by atoms with E-state index in [9.17, 15) is 8.42 Å². The van der Waals surface area contributed by atoms with E-state index in [-0.39, 0.29) is 22.6 Å². The van der Waals surface area contributed by atoms with Gasteiger partial charge in [0.05, 0.1) is 5.75 Å². The molecule has 0 heterocycles. The Kier molecular flexibility index (Phi) is 3.56. The van der Waals surface area contributed by atoms with Crippen LogP contribution in [0.25, 0.3) is 0 Å². The van der Waals surface area contributed by atoms with Crippen LogP contribution in [0.4, 0.5) is 0 Å². The fourth-order valence-electron chi connectivity index (χ4n) is 3.99. The first-order valence-corrected chi connectivity index (χ1v) is 8.88. The molecule has 0 aromatic rings. The normalized spacial score (nSPS) is 38.2. The van der Waals surface area contributed by atoms with Gasteiger partial charge in [-0.25, -0.2) is 13.1 Å². The highest BCUT2D eigenvalue weighted by molar-refractivity contribution is 7.89. The lowest BCUT2D eigenvalue weighted by Gasteiger charge is -2.39. The second-order valence-electron chi connectivity index (χ2n) is 6.95. The number of sulfonamides is 1. The van der Waals surface area contributed by atoms with Gasteiger partial charge in [0.15, 0.2) is 0 Å². The Morgan fingerprint density at radius 3 is 2.39 bits per heavy atom. The summed E-state index contributed by atoms with van der Waals surface area (Å²) in [5, 5.41) is 0. The van der Waals surface area contributed by atoms with Gasteiger partial charge in [-0.05, 0) is 42.4 Å². The Morgan fingerprint density at radius 1 is 1.28 bits per heavy atom. The van der Waals surface area contributed by atoms with Crippen LogP contribution in [0, 0.1) is 16.7 Å². The minimum atomic E-state index is -3.09. The summed E-state index contributed by atoms with van der Waals surface area (Å²) in [7, 11) is -3.09. The summed E-state index contributed by atoms with van der Waals surface area (Å²) in [6, 6.07) is 0.146. The van der Waals surface area contributed by atoms with Crippen LogP contribution in [-0.2, 0) is 10.0 Å². The van der Waals surface area contributed by atoms with E-state index >= 15 is 0 Å². The Morgan fingerprint density at radius 2 is 1.94 bits per heavy atom. The van der Waals surface area contributed by atoms with Gasteiger partial charge < -0.3 is 0 Å². The molecule has 3 atom stereocenters. The highest BCUT2D eigenvalue weighted by atomic mass is 32.2. The lowest BCUT2D eigenvalue weighted by molar-refractivity contribution is 0.130. The monoisotopic (exact) mass is 273 g/mol. The number of nitrogens with one attached hydrogen (secondary N) is 1. The summed E-state index contributed by atoms with van der Waals surface area (Å²) in [6.45, 7) is 8.92. The molecule has 0 saturated heterocycles. The fraction of sp³-hybridized carbons (Fsp3) is 1.00.